The fourth-order valence-corrected chi connectivity index (χ4v) is 4.85. The molecule has 3 aromatic rings. The highest BCUT2D eigenvalue weighted by Crippen LogP contribution is 2.44. The number of fused-ring (bicyclic) bond motifs is 3. The minimum absolute atomic E-state index is 0.0973. The van der Waals surface area contributed by atoms with Crippen LogP contribution in [0.2, 0.25) is 0 Å². The summed E-state index contributed by atoms with van der Waals surface area (Å²) in [6, 6.07) is 17.1. The summed E-state index contributed by atoms with van der Waals surface area (Å²) in [5.74, 6) is -2.02. The van der Waals surface area contributed by atoms with Gasteiger partial charge in [-0.05, 0) is 33.7 Å². The topological polar surface area (TPSA) is 114 Å². The molecule has 34 heavy (non-hydrogen) atoms. The van der Waals surface area contributed by atoms with E-state index in [4.69, 9.17) is 9.47 Å². The molecule has 176 valence electrons. The molecule has 8 nitrogen and oxygen atoms in total. The third-order valence-corrected chi connectivity index (χ3v) is 6.58. The molecule has 0 radical (unpaired) electrons. The Bertz CT molecular complexity index is 1130. The number of amides is 2. The Morgan fingerprint density at radius 1 is 0.971 bits per heavy atom. The fourth-order valence-electron chi connectivity index (χ4n) is 4.08. The van der Waals surface area contributed by atoms with Crippen molar-refractivity contribution >= 4 is 29.3 Å². The number of carbonyl (C=O) groups is 3. The van der Waals surface area contributed by atoms with E-state index in [0.717, 1.165) is 22.3 Å². The quantitative estimate of drug-likeness (QED) is 0.432. The van der Waals surface area contributed by atoms with Gasteiger partial charge < -0.3 is 25.2 Å². The van der Waals surface area contributed by atoms with Gasteiger partial charge in [0, 0.05) is 17.9 Å². The number of carbonyl (C=O) groups excluding carboxylic acids is 2. The molecule has 0 aliphatic heterocycles. The smallest absolute Gasteiger partial charge is 0.408 e. The van der Waals surface area contributed by atoms with E-state index in [-0.39, 0.29) is 19.1 Å². The molecule has 2 atom stereocenters. The van der Waals surface area contributed by atoms with Crippen LogP contribution in [0.5, 0.6) is 0 Å². The van der Waals surface area contributed by atoms with Gasteiger partial charge in [-0.15, -0.1) is 11.3 Å². The van der Waals surface area contributed by atoms with Crippen molar-refractivity contribution in [3.8, 4) is 11.1 Å². The highest BCUT2D eigenvalue weighted by atomic mass is 32.1. The second-order valence-electron chi connectivity index (χ2n) is 7.77. The predicted octanol–water partition coefficient (Wildman–Crippen LogP) is 3.54. The monoisotopic (exact) mass is 480 g/mol. The molecule has 1 heterocycles. The number of methoxy groups -OCH3 is 1. The number of aliphatic carboxylic acids is 1. The van der Waals surface area contributed by atoms with Gasteiger partial charge in [0.1, 0.15) is 12.6 Å². The average Bonchev–Trinajstić information content (AvgIpc) is 3.47. The summed E-state index contributed by atoms with van der Waals surface area (Å²) in [7, 11) is 1.34. The number of hydrogen-bond acceptors (Lipinski definition) is 6. The summed E-state index contributed by atoms with van der Waals surface area (Å²) in [4.78, 5) is 37.5. The second kappa shape index (κ2) is 10.5. The van der Waals surface area contributed by atoms with Crippen LogP contribution in [0.15, 0.2) is 66.0 Å². The molecule has 1 aromatic heterocycles. The molecule has 2 aromatic carbocycles. The molecular formula is C25H24N2O6S. The van der Waals surface area contributed by atoms with Crippen molar-refractivity contribution in [2.24, 2.45) is 0 Å². The lowest BCUT2D eigenvalue weighted by molar-refractivity contribution is -0.143. The molecular weight excluding hydrogens is 456 g/mol. The predicted molar refractivity (Wildman–Crippen MR) is 127 cm³/mol. The Morgan fingerprint density at radius 3 is 2.18 bits per heavy atom. The number of hydrogen-bond donors (Lipinski definition) is 3. The van der Waals surface area contributed by atoms with E-state index in [1.54, 1.807) is 17.5 Å². The van der Waals surface area contributed by atoms with Gasteiger partial charge in [0.15, 0.2) is 6.04 Å². The number of thiophene rings is 1. The van der Waals surface area contributed by atoms with Crippen molar-refractivity contribution in [1.82, 2.24) is 10.6 Å². The Balaban J connectivity index is 1.46. The van der Waals surface area contributed by atoms with Crippen LogP contribution in [0.1, 0.15) is 28.0 Å². The van der Waals surface area contributed by atoms with Crippen LogP contribution in [-0.2, 0) is 19.1 Å². The van der Waals surface area contributed by atoms with Gasteiger partial charge in [-0.1, -0.05) is 54.6 Å². The largest absolute Gasteiger partial charge is 0.480 e. The summed E-state index contributed by atoms with van der Waals surface area (Å²) in [5.41, 5.74) is 4.38. The maximum absolute atomic E-state index is 12.9. The summed E-state index contributed by atoms with van der Waals surface area (Å²) >= 11 is 1.27. The van der Waals surface area contributed by atoms with Gasteiger partial charge >= 0.3 is 12.1 Å². The second-order valence-corrected chi connectivity index (χ2v) is 8.75. The minimum atomic E-state index is -1.25. The minimum Gasteiger partial charge on any atom is -0.480 e. The van der Waals surface area contributed by atoms with Crippen LogP contribution in [0.25, 0.3) is 11.1 Å². The van der Waals surface area contributed by atoms with Crippen molar-refractivity contribution in [1.29, 1.82) is 0 Å². The third kappa shape index (κ3) is 4.95. The van der Waals surface area contributed by atoms with Crippen LogP contribution in [0, 0.1) is 0 Å². The molecule has 0 saturated heterocycles. The molecule has 9 heteroatoms. The highest BCUT2D eigenvalue weighted by molar-refractivity contribution is 7.10. The number of carboxylic acid groups (broad SMARTS) is 1. The Labute approximate surface area is 200 Å². The van der Waals surface area contributed by atoms with Gasteiger partial charge in [0.2, 0.25) is 5.91 Å². The summed E-state index contributed by atoms with van der Waals surface area (Å²) < 4.78 is 10.4. The molecule has 1 aliphatic carbocycles. The molecule has 0 spiro atoms. The number of nitrogens with one attached hydrogen (secondary N) is 2. The Kier molecular flexibility index (Phi) is 7.24. The zero-order chi connectivity index (χ0) is 24.1. The van der Waals surface area contributed by atoms with Crippen molar-refractivity contribution in [3.05, 3.63) is 82.0 Å². The zero-order valence-electron chi connectivity index (χ0n) is 18.4. The maximum atomic E-state index is 12.9. The molecule has 0 bridgehead atoms. The number of carboxylic acids is 1. The Morgan fingerprint density at radius 2 is 1.62 bits per heavy atom. The number of ether oxygens (including phenoxy) is 2. The van der Waals surface area contributed by atoms with Gasteiger partial charge in [0.05, 0.1) is 6.61 Å². The first kappa shape index (κ1) is 23.5. The van der Waals surface area contributed by atoms with E-state index in [2.05, 4.69) is 10.6 Å². The lowest BCUT2D eigenvalue weighted by atomic mass is 9.98. The first-order chi connectivity index (χ1) is 16.5. The lowest BCUT2D eigenvalue weighted by Crippen LogP contribution is -2.49. The molecule has 3 N–H and O–H groups in total. The van der Waals surface area contributed by atoms with E-state index >= 15 is 0 Å². The summed E-state index contributed by atoms with van der Waals surface area (Å²) in [5, 5.41) is 16.1. The van der Waals surface area contributed by atoms with Crippen LogP contribution in [-0.4, -0.2) is 49.4 Å². The van der Waals surface area contributed by atoms with Crippen molar-refractivity contribution in [3.63, 3.8) is 0 Å². The van der Waals surface area contributed by atoms with Crippen LogP contribution < -0.4 is 10.6 Å². The lowest BCUT2D eigenvalue weighted by Gasteiger charge is -2.21. The molecule has 2 unspecified atom stereocenters. The van der Waals surface area contributed by atoms with Crippen LogP contribution in [0.3, 0.4) is 0 Å². The molecule has 0 saturated carbocycles. The average molecular weight is 481 g/mol. The highest BCUT2D eigenvalue weighted by Gasteiger charge is 2.31. The van der Waals surface area contributed by atoms with Gasteiger partial charge in [-0.25, -0.2) is 9.59 Å². The SMILES string of the molecule is COCC(NC(=O)C(NC(=O)OCC1c2ccccc2-c2ccccc21)c1cccs1)C(=O)O. The van der Waals surface area contributed by atoms with E-state index in [0.29, 0.717) is 4.88 Å². The first-order valence-electron chi connectivity index (χ1n) is 10.7. The van der Waals surface area contributed by atoms with E-state index in [1.807, 2.05) is 48.5 Å². The summed E-state index contributed by atoms with van der Waals surface area (Å²) in [6.07, 6.45) is -0.769. The zero-order valence-corrected chi connectivity index (χ0v) is 19.2. The van der Waals surface area contributed by atoms with Crippen molar-refractivity contribution in [2.45, 2.75) is 18.0 Å². The fraction of sp³-hybridized carbons (Fsp3) is 0.240. The van der Waals surface area contributed by atoms with Crippen molar-refractivity contribution < 1.29 is 29.0 Å². The molecule has 0 fully saturated rings. The van der Waals surface area contributed by atoms with E-state index < -0.39 is 30.1 Å². The summed E-state index contributed by atoms with van der Waals surface area (Å²) in [6.45, 7) is -0.108. The number of alkyl carbamates (subject to hydrolysis) is 1. The van der Waals surface area contributed by atoms with Crippen LogP contribution >= 0.6 is 11.3 Å². The van der Waals surface area contributed by atoms with Crippen LogP contribution in [0.4, 0.5) is 4.79 Å². The van der Waals surface area contributed by atoms with Gasteiger partial charge in [0.25, 0.3) is 0 Å². The molecule has 1 aliphatic rings. The first-order valence-corrected chi connectivity index (χ1v) is 11.5. The normalized spacial score (nSPS) is 13.9. The Hall–Kier alpha value is -3.69. The van der Waals surface area contributed by atoms with Gasteiger partial charge in [-0.3, -0.25) is 4.79 Å². The van der Waals surface area contributed by atoms with Gasteiger partial charge in [-0.2, -0.15) is 0 Å². The number of rotatable bonds is 9. The maximum Gasteiger partial charge on any atom is 0.408 e. The standard InChI is InChI=1S/C25H24N2O6S/c1-32-14-20(24(29)30)26-23(28)22(21-11-6-12-34-21)27-25(31)33-13-19-17-9-4-2-7-15(17)16-8-3-5-10-18(16)19/h2-12,19-20,22H,13-14H2,1H3,(H,26,28)(H,27,31)(H,29,30). The van der Waals surface area contributed by atoms with Crippen molar-refractivity contribution in [2.75, 3.05) is 20.3 Å². The van der Waals surface area contributed by atoms with E-state index in [9.17, 15) is 19.5 Å². The molecule has 2 amide bonds. The van der Waals surface area contributed by atoms with E-state index in [1.165, 1.54) is 18.4 Å². The third-order valence-electron chi connectivity index (χ3n) is 5.64. The molecule has 4 rings (SSSR count). The number of benzene rings is 2.